The van der Waals surface area contributed by atoms with Crippen LogP contribution in [0.4, 0.5) is 5.69 Å². The zero-order valence-electron chi connectivity index (χ0n) is 26.5. The molecule has 2 saturated carbocycles. The number of primary amides is 1. The SMILES string of the molecule is CNCCCOc1ccc(C(Cc2ccc(NC(=O)CCC3CCCC3)cc2CCC(=O)N(CC(N)=O)C2CC2)NC=O)cc1. The quantitative estimate of drug-likeness (QED) is 0.130. The Labute approximate surface area is 266 Å². The van der Waals surface area contributed by atoms with Crippen LogP contribution in [0.25, 0.3) is 0 Å². The number of carbonyl (C=O) groups excluding carboxylic acids is 4. The molecule has 2 fully saturated rings. The van der Waals surface area contributed by atoms with Crippen LogP contribution in [0, 0.1) is 5.92 Å². The fraction of sp³-hybridized carbons (Fsp3) is 0.543. The Bertz CT molecular complexity index is 1270. The minimum atomic E-state index is -0.518. The lowest BCUT2D eigenvalue weighted by molar-refractivity contribution is -0.135. The molecule has 2 aromatic carbocycles. The van der Waals surface area contributed by atoms with Gasteiger partial charge in [-0.1, -0.05) is 43.9 Å². The third-order valence-corrected chi connectivity index (χ3v) is 8.80. The van der Waals surface area contributed by atoms with Gasteiger partial charge in [0.1, 0.15) is 5.75 Å². The standard InChI is InChI=1S/C35H49N5O5/c1-37-19-4-20-45-31-15-9-26(10-16-31)32(38-24-41)22-28-8-12-29(39-34(43)17-7-25-5-2-3-6-25)21-27(28)11-18-35(44)40(23-33(36)42)30-13-14-30/h8-10,12,15-16,21,24-25,30,32,37H,2-7,11,13-14,17-20,22-23H2,1H3,(H2,36,42)(H,38,41)(H,39,43). The van der Waals surface area contributed by atoms with Crippen LogP contribution < -0.4 is 26.4 Å². The summed E-state index contributed by atoms with van der Waals surface area (Å²) in [5.41, 5.74) is 8.92. The van der Waals surface area contributed by atoms with Crippen molar-refractivity contribution in [3.8, 4) is 5.75 Å². The molecule has 5 N–H and O–H groups in total. The van der Waals surface area contributed by atoms with Crippen LogP contribution in [0.15, 0.2) is 42.5 Å². The summed E-state index contributed by atoms with van der Waals surface area (Å²) in [7, 11) is 1.91. The van der Waals surface area contributed by atoms with E-state index < -0.39 is 5.91 Å². The van der Waals surface area contributed by atoms with E-state index >= 15 is 0 Å². The van der Waals surface area contributed by atoms with Gasteiger partial charge < -0.3 is 31.3 Å². The molecule has 4 amide bonds. The van der Waals surface area contributed by atoms with Crippen LogP contribution in [0.5, 0.6) is 5.75 Å². The molecule has 2 aliphatic rings. The number of nitrogens with zero attached hydrogens (tertiary/aromatic N) is 1. The van der Waals surface area contributed by atoms with Crippen molar-refractivity contribution in [3.05, 3.63) is 59.2 Å². The summed E-state index contributed by atoms with van der Waals surface area (Å²) in [4.78, 5) is 50.8. The predicted octanol–water partition coefficient (Wildman–Crippen LogP) is 4.02. The van der Waals surface area contributed by atoms with E-state index in [2.05, 4.69) is 16.0 Å². The third kappa shape index (κ3) is 11.2. The topological polar surface area (TPSA) is 143 Å². The number of amides is 4. The molecule has 1 atom stereocenters. The first-order valence-electron chi connectivity index (χ1n) is 16.4. The van der Waals surface area contributed by atoms with Crippen molar-refractivity contribution in [2.24, 2.45) is 11.7 Å². The maximum absolute atomic E-state index is 13.2. The zero-order chi connectivity index (χ0) is 32.0. The highest BCUT2D eigenvalue weighted by Crippen LogP contribution is 2.30. The number of aryl methyl sites for hydroxylation is 1. The molecule has 10 nitrogen and oxygen atoms in total. The van der Waals surface area contributed by atoms with Gasteiger partial charge in [0.05, 0.1) is 19.2 Å². The molecule has 0 aromatic heterocycles. The number of ether oxygens (including phenoxy) is 1. The molecule has 244 valence electrons. The van der Waals surface area contributed by atoms with E-state index in [-0.39, 0.29) is 36.9 Å². The molecule has 0 saturated heterocycles. The highest BCUT2D eigenvalue weighted by molar-refractivity contribution is 5.91. The first-order chi connectivity index (χ1) is 21.9. The molecule has 10 heteroatoms. The van der Waals surface area contributed by atoms with Gasteiger partial charge in [0.2, 0.25) is 24.1 Å². The largest absolute Gasteiger partial charge is 0.494 e. The highest BCUT2D eigenvalue weighted by atomic mass is 16.5. The Morgan fingerprint density at radius 1 is 1.02 bits per heavy atom. The van der Waals surface area contributed by atoms with Gasteiger partial charge in [-0.2, -0.15) is 0 Å². The normalized spacial score (nSPS) is 15.3. The van der Waals surface area contributed by atoms with Crippen molar-refractivity contribution in [1.29, 1.82) is 0 Å². The Morgan fingerprint density at radius 2 is 1.78 bits per heavy atom. The fourth-order valence-corrected chi connectivity index (χ4v) is 6.16. The van der Waals surface area contributed by atoms with Gasteiger partial charge in [-0.25, -0.2) is 0 Å². The van der Waals surface area contributed by atoms with Crippen molar-refractivity contribution in [2.45, 2.75) is 89.1 Å². The van der Waals surface area contributed by atoms with Gasteiger partial charge in [-0.15, -0.1) is 0 Å². The van der Waals surface area contributed by atoms with Crippen LogP contribution in [-0.2, 0) is 32.0 Å². The van der Waals surface area contributed by atoms with Crippen LogP contribution >= 0.6 is 0 Å². The van der Waals surface area contributed by atoms with Crippen molar-refractivity contribution < 1.29 is 23.9 Å². The Hall–Kier alpha value is -3.92. The molecule has 0 heterocycles. The Kier molecular flexibility index (Phi) is 13.2. The summed E-state index contributed by atoms with van der Waals surface area (Å²) in [6.07, 6.45) is 10.8. The van der Waals surface area contributed by atoms with Crippen LogP contribution in [0.3, 0.4) is 0 Å². The van der Waals surface area contributed by atoms with E-state index in [1.165, 1.54) is 25.7 Å². The fourth-order valence-electron chi connectivity index (χ4n) is 6.16. The van der Waals surface area contributed by atoms with E-state index in [4.69, 9.17) is 10.5 Å². The second-order valence-corrected chi connectivity index (χ2v) is 12.4. The predicted molar refractivity (Wildman–Crippen MR) is 175 cm³/mol. The maximum atomic E-state index is 13.2. The number of rotatable bonds is 20. The molecule has 45 heavy (non-hydrogen) atoms. The number of hydrogen-bond acceptors (Lipinski definition) is 6. The van der Waals surface area contributed by atoms with Crippen LogP contribution in [0.1, 0.15) is 86.9 Å². The van der Waals surface area contributed by atoms with Gasteiger partial charge >= 0.3 is 0 Å². The molecule has 2 aromatic rings. The molecule has 4 rings (SSSR count). The van der Waals surface area contributed by atoms with Gasteiger partial charge in [0.15, 0.2) is 0 Å². The van der Waals surface area contributed by atoms with E-state index in [1.54, 1.807) is 4.90 Å². The maximum Gasteiger partial charge on any atom is 0.237 e. The second kappa shape index (κ2) is 17.5. The summed E-state index contributed by atoms with van der Waals surface area (Å²) in [6.45, 7) is 1.41. The number of hydrogen-bond donors (Lipinski definition) is 4. The van der Waals surface area contributed by atoms with E-state index in [0.717, 1.165) is 54.7 Å². The van der Waals surface area contributed by atoms with Gasteiger partial charge in [-0.05, 0) is 99.0 Å². The summed E-state index contributed by atoms with van der Waals surface area (Å²) in [6, 6.07) is 13.3. The number of anilines is 1. The Balaban J connectivity index is 1.48. The number of carbonyl (C=O) groups is 4. The highest BCUT2D eigenvalue weighted by Gasteiger charge is 2.33. The number of nitrogens with two attached hydrogens (primary N) is 1. The van der Waals surface area contributed by atoms with Crippen molar-refractivity contribution in [2.75, 3.05) is 32.1 Å². The van der Waals surface area contributed by atoms with E-state index in [1.807, 2.05) is 49.5 Å². The van der Waals surface area contributed by atoms with E-state index in [9.17, 15) is 19.2 Å². The summed E-state index contributed by atoms with van der Waals surface area (Å²) in [5, 5.41) is 9.10. The lowest BCUT2D eigenvalue weighted by Gasteiger charge is -2.22. The summed E-state index contributed by atoms with van der Waals surface area (Å²) >= 11 is 0. The van der Waals surface area contributed by atoms with Gasteiger partial charge in [0, 0.05) is 24.6 Å². The first kappa shape index (κ1) is 34.0. The van der Waals surface area contributed by atoms with E-state index in [0.29, 0.717) is 43.9 Å². The van der Waals surface area contributed by atoms with Crippen LogP contribution in [-0.4, -0.2) is 61.8 Å². The third-order valence-electron chi connectivity index (χ3n) is 8.80. The van der Waals surface area contributed by atoms with Crippen molar-refractivity contribution >= 4 is 29.8 Å². The smallest absolute Gasteiger partial charge is 0.237 e. The van der Waals surface area contributed by atoms with Crippen molar-refractivity contribution in [1.82, 2.24) is 15.5 Å². The number of benzene rings is 2. The minimum absolute atomic E-state index is 0.00759. The summed E-state index contributed by atoms with van der Waals surface area (Å²) in [5.74, 6) is 0.766. The lowest BCUT2D eigenvalue weighted by Crippen LogP contribution is -2.40. The molecule has 0 spiro atoms. The van der Waals surface area contributed by atoms with Gasteiger partial charge in [0.25, 0.3) is 0 Å². The van der Waals surface area contributed by atoms with Crippen molar-refractivity contribution in [3.63, 3.8) is 0 Å². The molecular formula is C35H49N5O5. The molecule has 2 aliphatic carbocycles. The number of nitrogens with one attached hydrogen (secondary N) is 3. The molecular weight excluding hydrogens is 570 g/mol. The average Bonchev–Trinajstić information content (AvgIpc) is 3.74. The van der Waals surface area contributed by atoms with Gasteiger partial charge in [-0.3, -0.25) is 19.2 Å². The minimum Gasteiger partial charge on any atom is -0.494 e. The Morgan fingerprint density at radius 3 is 2.44 bits per heavy atom. The second-order valence-electron chi connectivity index (χ2n) is 12.4. The average molecular weight is 620 g/mol. The molecule has 0 bridgehead atoms. The monoisotopic (exact) mass is 619 g/mol. The molecule has 0 radical (unpaired) electrons. The van der Waals surface area contributed by atoms with Crippen LogP contribution in [0.2, 0.25) is 0 Å². The molecule has 1 unspecified atom stereocenters. The molecule has 0 aliphatic heterocycles. The lowest BCUT2D eigenvalue weighted by atomic mass is 9.93. The first-order valence-corrected chi connectivity index (χ1v) is 16.4. The zero-order valence-corrected chi connectivity index (χ0v) is 26.5. The summed E-state index contributed by atoms with van der Waals surface area (Å²) < 4.78 is 5.82.